The molecule has 1 aromatic heterocycles. The quantitative estimate of drug-likeness (QED) is 0.801. The largest absolute Gasteiger partial charge is 0.292 e. The highest BCUT2D eigenvalue weighted by molar-refractivity contribution is 6.29. The number of halogens is 2. The molecule has 2 rings (SSSR count). The maximum Gasteiger partial charge on any atom is 0.255 e. The standard InChI is InChI=1S/C13H12ClFN2O/c1-2-12-16-11(14)7-13(18)17(12)8-9-4-3-5-10(15)6-9/h3-7H,2,8H2,1H3. The van der Waals surface area contributed by atoms with E-state index in [0.29, 0.717) is 18.8 Å². The van der Waals surface area contributed by atoms with Crippen LogP contribution in [0, 0.1) is 5.82 Å². The van der Waals surface area contributed by atoms with Crippen molar-refractivity contribution in [3.63, 3.8) is 0 Å². The first-order valence-corrected chi connectivity index (χ1v) is 5.98. The Morgan fingerprint density at radius 3 is 2.83 bits per heavy atom. The van der Waals surface area contributed by atoms with Gasteiger partial charge in [0.1, 0.15) is 16.8 Å². The van der Waals surface area contributed by atoms with E-state index in [4.69, 9.17) is 11.6 Å². The maximum atomic E-state index is 13.1. The first-order chi connectivity index (χ1) is 8.60. The summed E-state index contributed by atoms with van der Waals surface area (Å²) in [6, 6.07) is 7.42. The van der Waals surface area contributed by atoms with Crippen LogP contribution >= 0.6 is 11.6 Å². The smallest absolute Gasteiger partial charge is 0.255 e. The van der Waals surface area contributed by atoms with E-state index in [0.717, 1.165) is 5.56 Å². The highest BCUT2D eigenvalue weighted by Gasteiger charge is 2.07. The van der Waals surface area contributed by atoms with Gasteiger partial charge in [0.25, 0.3) is 5.56 Å². The van der Waals surface area contributed by atoms with Crippen LogP contribution in [0.2, 0.25) is 5.15 Å². The zero-order valence-corrected chi connectivity index (χ0v) is 10.6. The normalized spacial score (nSPS) is 10.6. The number of hydrogen-bond donors (Lipinski definition) is 0. The van der Waals surface area contributed by atoms with Crippen LogP contribution in [0.1, 0.15) is 18.3 Å². The summed E-state index contributed by atoms with van der Waals surface area (Å²) in [4.78, 5) is 16.0. The van der Waals surface area contributed by atoms with E-state index < -0.39 is 0 Å². The summed E-state index contributed by atoms with van der Waals surface area (Å²) in [5.41, 5.74) is 0.493. The maximum absolute atomic E-state index is 13.1. The van der Waals surface area contributed by atoms with E-state index >= 15 is 0 Å². The molecule has 0 amide bonds. The predicted molar refractivity (Wildman–Crippen MR) is 68.4 cm³/mol. The van der Waals surface area contributed by atoms with Crippen LogP contribution in [0.3, 0.4) is 0 Å². The fourth-order valence-corrected chi connectivity index (χ4v) is 1.97. The minimum absolute atomic E-state index is 0.187. The van der Waals surface area contributed by atoms with Crippen molar-refractivity contribution in [3.8, 4) is 0 Å². The molecule has 18 heavy (non-hydrogen) atoms. The highest BCUT2D eigenvalue weighted by atomic mass is 35.5. The van der Waals surface area contributed by atoms with E-state index in [2.05, 4.69) is 4.98 Å². The van der Waals surface area contributed by atoms with Crippen LogP contribution in [0.5, 0.6) is 0 Å². The molecule has 1 aromatic carbocycles. The predicted octanol–water partition coefficient (Wildman–Crippen LogP) is 2.65. The number of aromatic nitrogens is 2. The van der Waals surface area contributed by atoms with Crippen LogP contribution in [-0.2, 0) is 13.0 Å². The van der Waals surface area contributed by atoms with Crippen molar-refractivity contribution in [1.82, 2.24) is 9.55 Å². The Hall–Kier alpha value is -1.68. The number of rotatable bonds is 3. The van der Waals surface area contributed by atoms with E-state index in [1.807, 2.05) is 6.92 Å². The second-order valence-electron chi connectivity index (χ2n) is 3.90. The van der Waals surface area contributed by atoms with Crippen molar-refractivity contribution in [1.29, 1.82) is 0 Å². The van der Waals surface area contributed by atoms with Crippen molar-refractivity contribution in [2.75, 3.05) is 0 Å². The van der Waals surface area contributed by atoms with E-state index in [1.165, 1.54) is 22.8 Å². The minimum atomic E-state index is -0.319. The molecular formula is C13H12ClFN2O. The number of benzene rings is 1. The van der Waals surface area contributed by atoms with Gasteiger partial charge in [0.05, 0.1) is 6.54 Å². The van der Waals surface area contributed by atoms with Gasteiger partial charge in [-0.25, -0.2) is 9.37 Å². The summed E-state index contributed by atoms with van der Waals surface area (Å²) in [6.07, 6.45) is 0.588. The molecule has 0 aliphatic rings. The van der Waals surface area contributed by atoms with Gasteiger partial charge >= 0.3 is 0 Å². The van der Waals surface area contributed by atoms with Crippen LogP contribution in [0.25, 0.3) is 0 Å². The lowest BCUT2D eigenvalue weighted by Crippen LogP contribution is -2.24. The Morgan fingerprint density at radius 1 is 1.39 bits per heavy atom. The lowest BCUT2D eigenvalue weighted by Gasteiger charge is -2.10. The first-order valence-electron chi connectivity index (χ1n) is 5.61. The molecule has 0 atom stereocenters. The summed E-state index contributed by atoms with van der Waals surface area (Å²) in [5, 5.41) is 0.187. The fourth-order valence-electron chi connectivity index (χ4n) is 1.78. The first kappa shape index (κ1) is 12.8. The molecule has 0 spiro atoms. The number of hydrogen-bond acceptors (Lipinski definition) is 2. The van der Waals surface area contributed by atoms with Crippen molar-refractivity contribution < 1.29 is 4.39 Å². The molecular weight excluding hydrogens is 255 g/mol. The molecule has 2 aromatic rings. The molecule has 0 aliphatic heterocycles. The van der Waals surface area contributed by atoms with Crippen molar-refractivity contribution in [2.45, 2.75) is 19.9 Å². The monoisotopic (exact) mass is 266 g/mol. The molecule has 0 bridgehead atoms. The molecule has 0 aliphatic carbocycles. The van der Waals surface area contributed by atoms with Crippen LogP contribution < -0.4 is 5.56 Å². The molecule has 1 heterocycles. The summed E-state index contributed by atoms with van der Waals surface area (Å²) in [6.45, 7) is 2.18. The topological polar surface area (TPSA) is 34.9 Å². The van der Waals surface area contributed by atoms with Gasteiger partial charge in [0.15, 0.2) is 0 Å². The third-order valence-electron chi connectivity index (χ3n) is 2.60. The Morgan fingerprint density at radius 2 is 2.17 bits per heavy atom. The third kappa shape index (κ3) is 2.76. The van der Waals surface area contributed by atoms with E-state index in [1.54, 1.807) is 12.1 Å². The van der Waals surface area contributed by atoms with Crippen LogP contribution in [-0.4, -0.2) is 9.55 Å². The summed E-state index contributed by atoms with van der Waals surface area (Å²) >= 11 is 5.74. The zero-order valence-electron chi connectivity index (χ0n) is 9.86. The molecule has 0 N–H and O–H groups in total. The minimum Gasteiger partial charge on any atom is -0.292 e. The molecule has 0 radical (unpaired) electrons. The van der Waals surface area contributed by atoms with E-state index in [-0.39, 0.29) is 16.5 Å². The zero-order chi connectivity index (χ0) is 13.1. The van der Waals surface area contributed by atoms with Crippen LogP contribution in [0.15, 0.2) is 35.1 Å². The van der Waals surface area contributed by atoms with Gasteiger partial charge < -0.3 is 0 Å². The molecule has 5 heteroatoms. The van der Waals surface area contributed by atoms with Crippen molar-refractivity contribution >= 4 is 11.6 Å². The Labute approximate surface area is 109 Å². The van der Waals surface area contributed by atoms with Gasteiger partial charge in [0, 0.05) is 12.5 Å². The summed E-state index contributed by atoms with van der Waals surface area (Å²) in [5.74, 6) is 0.275. The van der Waals surface area contributed by atoms with Gasteiger partial charge in [-0.1, -0.05) is 30.7 Å². The van der Waals surface area contributed by atoms with Crippen LogP contribution in [0.4, 0.5) is 4.39 Å². The molecule has 0 unspecified atom stereocenters. The van der Waals surface area contributed by atoms with E-state index in [9.17, 15) is 9.18 Å². The van der Waals surface area contributed by atoms with Gasteiger partial charge in [-0.15, -0.1) is 0 Å². The second kappa shape index (κ2) is 5.31. The van der Waals surface area contributed by atoms with Crippen molar-refractivity contribution in [3.05, 3.63) is 63.0 Å². The summed E-state index contributed by atoms with van der Waals surface area (Å²) < 4.78 is 14.6. The number of aryl methyl sites for hydroxylation is 1. The van der Waals surface area contributed by atoms with Gasteiger partial charge in [-0.2, -0.15) is 0 Å². The number of nitrogens with zero attached hydrogens (tertiary/aromatic N) is 2. The highest BCUT2D eigenvalue weighted by Crippen LogP contribution is 2.08. The van der Waals surface area contributed by atoms with Gasteiger partial charge in [-0.3, -0.25) is 9.36 Å². The molecule has 94 valence electrons. The molecule has 0 saturated heterocycles. The fraction of sp³-hybridized carbons (Fsp3) is 0.231. The van der Waals surface area contributed by atoms with Gasteiger partial charge in [0.2, 0.25) is 0 Å². The molecule has 3 nitrogen and oxygen atoms in total. The second-order valence-corrected chi connectivity index (χ2v) is 4.29. The SMILES string of the molecule is CCc1nc(Cl)cc(=O)n1Cc1cccc(F)c1. The Balaban J connectivity index is 2.43. The lowest BCUT2D eigenvalue weighted by atomic mass is 10.2. The average Bonchev–Trinajstić information content (AvgIpc) is 2.32. The lowest BCUT2D eigenvalue weighted by molar-refractivity contribution is 0.619. The Kier molecular flexibility index (Phi) is 3.77. The third-order valence-corrected chi connectivity index (χ3v) is 2.80. The average molecular weight is 267 g/mol. The molecule has 0 saturated carbocycles. The Bertz CT molecular complexity index is 625. The molecule has 0 fully saturated rings. The van der Waals surface area contributed by atoms with Gasteiger partial charge in [-0.05, 0) is 17.7 Å². The summed E-state index contributed by atoms with van der Waals surface area (Å²) in [7, 11) is 0. The van der Waals surface area contributed by atoms with Crippen molar-refractivity contribution in [2.24, 2.45) is 0 Å².